The van der Waals surface area contributed by atoms with Gasteiger partial charge in [0.2, 0.25) is 0 Å². The molecule has 2 fully saturated rings. The molecule has 0 saturated carbocycles. The van der Waals surface area contributed by atoms with Crippen LogP contribution in [0.15, 0.2) is 11.6 Å². The van der Waals surface area contributed by atoms with E-state index in [0.717, 1.165) is 24.8 Å². The van der Waals surface area contributed by atoms with Gasteiger partial charge < -0.3 is 10.1 Å². The lowest BCUT2D eigenvalue weighted by atomic mass is 9.69. The molecule has 144 valence electrons. The van der Waals surface area contributed by atoms with Crippen molar-refractivity contribution in [2.45, 2.75) is 78.4 Å². The fourth-order valence-electron chi connectivity index (χ4n) is 4.86. The molecule has 0 aromatic carbocycles. The van der Waals surface area contributed by atoms with E-state index >= 15 is 0 Å². The molecule has 5 heteroatoms. The zero-order valence-corrected chi connectivity index (χ0v) is 16.6. The molecule has 5 nitrogen and oxygen atoms in total. The number of piperidine rings is 1. The highest BCUT2D eigenvalue weighted by Gasteiger charge is 2.34. The lowest BCUT2D eigenvalue weighted by molar-refractivity contribution is -0.702. The summed E-state index contributed by atoms with van der Waals surface area (Å²) in [5.41, 5.74) is 8.01. The zero-order chi connectivity index (χ0) is 17.8. The van der Waals surface area contributed by atoms with Crippen LogP contribution in [0, 0.1) is 23.7 Å². The van der Waals surface area contributed by atoms with Crippen LogP contribution in [-0.2, 0) is 4.74 Å². The molecule has 3 rings (SSSR count). The van der Waals surface area contributed by atoms with Gasteiger partial charge in [-0.3, -0.25) is 5.32 Å². The first-order chi connectivity index (χ1) is 12.0. The lowest BCUT2D eigenvalue weighted by Crippen LogP contribution is -2.94. The number of rotatable bonds is 6. The molecule has 0 bridgehead atoms. The van der Waals surface area contributed by atoms with E-state index in [9.17, 15) is 0 Å². The molecule has 6 unspecified atom stereocenters. The summed E-state index contributed by atoms with van der Waals surface area (Å²) >= 11 is 0. The van der Waals surface area contributed by atoms with Crippen LogP contribution in [0.4, 0.5) is 0 Å². The third kappa shape index (κ3) is 5.27. The number of allylic oxidation sites excluding steroid dienone is 1. The van der Waals surface area contributed by atoms with E-state index in [1.54, 1.807) is 5.57 Å². The van der Waals surface area contributed by atoms with E-state index in [1.165, 1.54) is 32.2 Å². The van der Waals surface area contributed by atoms with E-state index in [2.05, 4.69) is 55.3 Å². The maximum absolute atomic E-state index is 5.90. The molecule has 1 aliphatic carbocycles. The Labute approximate surface area is 153 Å². The summed E-state index contributed by atoms with van der Waals surface area (Å²) in [6.45, 7) is 11.6. The van der Waals surface area contributed by atoms with Crippen molar-refractivity contribution < 1.29 is 10.1 Å². The molecule has 2 saturated heterocycles. The van der Waals surface area contributed by atoms with Crippen molar-refractivity contribution >= 4 is 0 Å². The summed E-state index contributed by atoms with van der Waals surface area (Å²) in [5, 5.41) is 6.34. The third-order valence-corrected chi connectivity index (χ3v) is 6.43. The minimum absolute atomic E-state index is 0.113. The van der Waals surface area contributed by atoms with E-state index in [-0.39, 0.29) is 12.5 Å². The summed E-state index contributed by atoms with van der Waals surface area (Å²) < 4.78 is 5.90. The molecule has 0 spiro atoms. The van der Waals surface area contributed by atoms with Crippen LogP contribution in [0.25, 0.3) is 0 Å². The van der Waals surface area contributed by atoms with Crippen LogP contribution in [0.5, 0.6) is 0 Å². The van der Waals surface area contributed by atoms with E-state index in [4.69, 9.17) is 4.74 Å². The van der Waals surface area contributed by atoms with Gasteiger partial charge in [-0.15, -0.1) is 0 Å². The van der Waals surface area contributed by atoms with Crippen molar-refractivity contribution in [1.29, 1.82) is 0 Å². The lowest BCUT2D eigenvalue weighted by Gasteiger charge is -2.38. The average Bonchev–Trinajstić information content (AvgIpc) is 3.00. The third-order valence-electron chi connectivity index (χ3n) is 6.43. The summed E-state index contributed by atoms with van der Waals surface area (Å²) in [6, 6.07) is 0. The molecule has 0 aromatic heterocycles. The number of quaternary nitrogens is 1. The molecule has 0 aromatic rings. The topological polar surface area (TPSA) is 61.9 Å². The molecule has 3 aliphatic rings. The van der Waals surface area contributed by atoms with Crippen LogP contribution in [-0.4, -0.2) is 31.7 Å². The fraction of sp³-hybridized carbons (Fsp3) is 0.900. The second kappa shape index (κ2) is 8.96. The van der Waals surface area contributed by atoms with Crippen molar-refractivity contribution in [1.82, 2.24) is 16.2 Å². The molecule has 0 amide bonds. The van der Waals surface area contributed by atoms with E-state index in [1.807, 2.05) is 0 Å². The Hall–Kier alpha value is -0.460. The van der Waals surface area contributed by atoms with Crippen LogP contribution < -0.4 is 21.5 Å². The van der Waals surface area contributed by atoms with Crippen molar-refractivity contribution in [2.24, 2.45) is 23.7 Å². The highest BCUT2D eigenvalue weighted by atomic mass is 16.5. The van der Waals surface area contributed by atoms with Gasteiger partial charge in [0.15, 0.2) is 0 Å². The van der Waals surface area contributed by atoms with Gasteiger partial charge in [-0.25, -0.2) is 10.9 Å². The van der Waals surface area contributed by atoms with Gasteiger partial charge in [-0.2, -0.15) is 0 Å². The first kappa shape index (κ1) is 19.3. The number of hydrogen-bond acceptors (Lipinski definition) is 4. The minimum atomic E-state index is 0.113. The number of nitrogens with one attached hydrogen (secondary N) is 3. The second-order valence-corrected chi connectivity index (χ2v) is 8.74. The largest absolute Gasteiger partial charge is 0.343 e. The van der Waals surface area contributed by atoms with Gasteiger partial charge in [-0.1, -0.05) is 25.5 Å². The van der Waals surface area contributed by atoms with Crippen molar-refractivity contribution in [2.75, 3.05) is 13.1 Å². The quantitative estimate of drug-likeness (QED) is 0.550. The van der Waals surface area contributed by atoms with Crippen molar-refractivity contribution in [3.63, 3.8) is 0 Å². The maximum atomic E-state index is 5.90. The molecular weight excluding hydrogens is 312 g/mol. The van der Waals surface area contributed by atoms with Crippen LogP contribution in [0.1, 0.15) is 59.8 Å². The van der Waals surface area contributed by atoms with E-state index < -0.39 is 0 Å². The Balaban J connectivity index is 1.58. The Kier molecular flexibility index (Phi) is 6.92. The zero-order valence-electron chi connectivity index (χ0n) is 16.6. The van der Waals surface area contributed by atoms with Gasteiger partial charge in [0.1, 0.15) is 18.6 Å². The standard InChI is InChI=1S/C20H38N4O/c1-13(2)18-10-16(11-20-24-23-15(4)25-20)14(3)9-17(18)12-22-19-7-5-6-8-21-19/h9,13,15-24H,5-8,10-12H2,1-4H3/p+1. The van der Waals surface area contributed by atoms with Gasteiger partial charge >= 0.3 is 0 Å². The Morgan fingerprint density at radius 2 is 2.16 bits per heavy atom. The van der Waals surface area contributed by atoms with Gasteiger partial charge in [0.05, 0.1) is 6.54 Å². The van der Waals surface area contributed by atoms with Crippen molar-refractivity contribution in [3.05, 3.63) is 11.6 Å². The first-order valence-corrected chi connectivity index (χ1v) is 10.4. The fourth-order valence-corrected chi connectivity index (χ4v) is 4.86. The van der Waals surface area contributed by atoms with Crippen LogP contribution in [0.2, 0.25) is 0 Å². The van der Waals surface area contributed by atoms with Crippen molar-refractivity contribution in [3.8, 4) is 0 Å². The summed E-state index contributed by atoms with van der Waals surface area (Å²) in [7, 11) is 0. The maximum Gasteiger partial charge on any atom is 0.139 e. The molecule has 5 N–H and O–H groups in total. The smallest absolute Gasteiger partial charge is 0.139 e. The SMILES string of the molecule is CC1=CC(CNC2CCCC[NH2+]2)C(C(C)C)CC1CC1NNC(C)O1. The molecule has 6 atom stereocenters. The van der Waals surface area contributed by atoms with E-state index in [0.29, 0.717) is 18.0 Å². The molecular formula is C20H39N4O+. The normalized spacial score (nSPS) is 39.6. The van der Waals surface area contributed by atoms with Gasteiger partial charge in [0.25, 0.3) is 0 Å². The number of hydrogen-bond donors (Lipinski definition) is 4. The minimum Gasteiger partial charge on any atom is -0.343 e. The molecule has 2 aliphatic heterocycles. The summed E-state index contributed by atoms with van der Waals surface area (Å²) in [4.78, 5) is 0. The highest BCUT2D eigenvalue weighted by molar-refractivity contribution is 5.13. The van der Waals surface area contributed by atoms with Gasteiger partial charge in [-0.05, 0) is 63.2 Å². The Bertz CT molecular complexity index is 447. The van der Waals surface area contributed by atoms with Gasteiger partial charge in [0, 0.05) is 13.0 Å². The summed E-state index contributed by atoms with van der Waals surface area (Å²) in [6.07, 6.45) is 9.89. The summed E-state index contributed by atoms with van der Waals surface area (Å²) in [5.74, 6) is 2.79. The molecule has 0 radical (unpaired) electrons. The second-order valence-electron chi connectivity index (χ2n) is 8.74. The number of hydrazine groups is 1. The highest BCUT2D eigenvalue weighted by Crippen LogP contribution is 2.39. The number of ether oxygens (including phenoxy) is 1. The predicted octanol–water partition coefficient (Wildman–Crippen LogP) is 1.69. The van der Waals surface area contributed by atoms with Crippen LogP contribution >= 0.6 is 0 Å². The molecule has 2 heterocycles. The molecule has 25 heavy (non-hydrogen) atoms. The Morgan fingerprint density at radius 1 is 1.32 bits per heavy atom. The number of nitrogens with two attached hydrogens (primary N) is 1. The first-order valence-electron chi connectivity index (χ1n) is 10.4. The monoisotopic (exact) mass is 351 g/mol. The Morgan fingerprint density at radius 3 is 2.80 bits per heavy atom. The predicted molar refractivity (Wildman–Crippen MR) is 101 cm³/mol. The van der Waals surface area contributed by atoms with Crippen LogP contribution in [0.3, 0.4) is 0 Å². The average molecular weight is 352 g/mol.